The highest BCUT2D eigenvalue weighted by molar-refractivity contribution is 5.80. The molecule has 1 amide bonds. The number of ether oxygens (including phenoxy) is 2. The van der Waals surface area contributed by atoms with E-state index in [1.165, 1.54) is 0 Å². The molecule has 0 bridgehead atoms. The van der Waals surface area contributed by atoms with Gasteiger partial charge in [-0.25, -0.2) is 0 Å². The standard InChI is InChI=1S/C13H17NO4/c1-3-14-13(16)8(2)18-9-4-5-10-11(15)7-17-12(10)6-9/h4-6,8,11,15H,3,7H2,1-2H3,(H,14,16). The Balaban J connectivity index is 2.05. The molecule has 1 aromatic rings. The molecule has 0 spiro atoms. The van der Waals surface area contributed by atoms with Crippen LogP contribution in [0.2, 0.25) is 0 Å². The number of nitrogens with one attached hydrogen (secondary N) is 1. The van der Waals surface area contributed by atoms with E-state index in [2.05, 4.69) is 5.32 Å². The zero-order valence-electron chi connectivity index (χ0n) is 10.5. The van der Waals surface area contributed by atoms with Gasteiger partial charge in [0.15, 0.2) is 6.10 Å². The highest BCUT2D eigenvalue weighted by Crippen LogP contribution is 2.35. The van der Waals surface area contributed by atoms with Crippen LogP contribution >= 0.6 is 0 Å². The Bertz CT molecular complexity index is 447. The van der Waals surface area contributed by atoms with Gasteiger partial charge in [0, 0.05) is 18.2 Å². The third-order valence-electron chi connectivity index (χ3n) is 2.77. The van der Waals surface area contributed by atoms with Crippen LogP contribution in [0.15, 0.2) is 18.2 Å². The molecular weight excluding hydrogens is 234 g/mol. The number of carbonyl (C=O) groups is 1. The Morgan fingerprint density at radius 1 is 1.67 bits per heavy atom. The van der Waals surface area contributed by atoms with Crippen molar-refractivity contribution in [2.75, 3.05) is 13.2 Å². The Morgan fingerprint density at radius 2 is 2.44 bits per heavy atom. The van der Waals surface area contributed by atoms with Crippen molar-refractivity contribution in [1.29, 1.82) is 0 Å². The van der Waals surface area contributed by atoms with Crippen LogP contribution in [0.25, 0.3) is 0 Å². The number of rotatable bonds is 4. The first-order valence-corrected chi connectivity index (χ1v) is 6.01. The monoisotopic (exact) mass is 251 g/mol. The molecule has 0 fully saturated rings. The molecule has 1 aliphatic heterocycles. The lowest BCUT2D eigenvalue weighted by Gasteiger charge is -2.14. The number of carbonyl (C=O) groups excluding carboxylic acids is 1. The maximum Gasteiger partial charge on any atom is 0.260 e. The molecule has 2 unspecified atom stereocenters. The van der Waals surface area contributed by atoms with Crippen LogP contribution in [0.4, 0.5) is 0 Å². The normalized spacial score (nSPS) is 18.7. The molecule has 0 radical (unpaired) electrons. The van der Waals surface area contributed by atoms with Gasteiger partial charge in [0.25, 0.3) is 5.91 Å². The van der Waals surface area contributed by atoms with Gasteiger partial charge in [-0.3, -0.25) is 4.79 Å². The number of hydrogen-bond donors (Lipinski definition) is 2. The van der Waals surface area contributed by atoms with Crippen molar-refractivity contribution in [3.05, 3.63) is 23.8 Å². The second-order valence-corrected chi connectivity index (χ2v) is 4.18. The second kappa shape index (κ2) is 5.27. The first kappa shape index (κ1) is 12.7. The number of benzene rings is 1. The Kier molecular flexibility index (Phi) is 3.72. The van der Waals surface area contributed by atoms with Crippen molar-refractivity contribution in [2.24, 2.45) is 0 Å². The minimum absolute atomic E-state index is 0.154. The molecule has 1 aliphatic rings. The Morgan fingerprint density at radius 3 is 3.17 bits per heavy atom. The van der Waals surface area contributed by atoms with Crippen LogP contribution in [0.3, 0.4) is 0 Å². The zero-order valence-corrected chi connectivity index (χ0v) is 10.5. The summed E-state index contributed by atoms with van der Waals surface area (Å²) in [4.78, 5) is 11.5. The molecule has 0 saturated carbocycles. The zero-order chi connectivity index (χ0) is 13.1. The second-order valence-electron chi connectivity index (χ2n) is 4.18. The number of aliphatic hydroxyl groups excluding tert-OH is 1. The van der Waals surface area contributed by atoms with E-state index >= 15 is 0 Å². The van der Waals surface area contributed by atoms with Gasteiger partial charge in [0.2, 0.25) is 0 Å². The molecule has 2 rings (SSSR count). The van der Waals surface area contributed by atoms with Crippen LogP contribution in [-0.2, 0) is 4.79 Å². The van der Waals surface area contributed by atoms with Crippen LogP contribution in [0, 0.1) is 0 Å². The fourth-order valence-corrected chi connectivity index (χ4v) is 1.82. The summed E-state index contributed by atoms with van der Waals surface area (Å²) < 4.78 is 10.8. The molecule has 0 aromatic heterocycles. The molecule has 2 atom stereocenters. The summed E-state index contributed by atoms with van der Waals surface area (Å²) in [5, 5.41) is 12.3. The predicted molar refractivity (Wildman–Crippen MR) is 65.7 cm³/mol. The first-order valence-electron chi connectivity index (χ1n) is 6.01. The van der Waals surface area contributed by atoms with Gasteiger partial charge in [-0.05, 0) is 26.0 Å². The van der Waals surface area contributed by atoms with Crippen molar-refractivity contribution in [1.82, 2.24) is 5.32 Å². The van der Waals surface area contributed by atoms with E-state index in [4.69, 9.17) is 9.47 Å². The number of aliphatic hydroxyl groups is 1. The van der Waals surface area contributed by atoms with E-state index in [-0.39, 0.29) is 12.5 Å². The number of fused-ring (bicyclic) bond motifs is 1. The van der Waals surface area contributed by atoms with Crippen molar-refractivity contribution in [2.45, 2.75) is 26.1 Å². The van der Waals surface area contributed by atoms with E-state index in [1.54, 1.807) is 25.1 Å². The summed E-state index contributed by atoms with van der Waals surface area (Å²) in [6, 6.07) is 5.18. The number of amides is 1. The molecule has 18 heavy (non-hydrogen) atoms. The highest BCUT2D eigenvalue weighted by atomic mass is 16.5. The van der Waals surface area contributed by atoms with Gasteiger partial charge in [-0.15, -0.1) is 0 Å². The summed E-state index contributed by atoms with van der Waals surface area (Å²) >= 11 is 0. The topological polar surface area (TPSA) is 67.8 Å². The molecule has 98 valence electrons. The van der Waals surface area contributed by atoms with Crippen LogP contribution < -0.4 is 14.8 Å². The van der Waals surface area contributed by atoms with E-state index in [0.29, 0.717) is 18.0 Å². The van der Waals surface area contributed by atoms with Crippen LogP contribution in [-0.4, -0.2) is 30.3 Å². The Hall–Kier alpha value is -1.75. The maximum absolute atomic E-state index is 11.5. The number of hydrogen-bond acceptors (Lipinski definition) is 4. The Labute approximate surface area is 106 Å². The highest BCUT2D eigenvalue weighted by Gasteiger charge is 2.23. The summed E-state index contributed by atoms with van der Waals surface area (Å²) in [6.07, 6.45) is -1.14. The molecule has 1 aromatic carbocycles. The fraction of sp³-hybridized carbons (Fsp3) is 0.462. The van der Waals surface area contributed by atoms with Crippen LogP contribution in [0.5, 0.6) is 11.5 Å². The summed E-state index contributed by atoms with van der Waals surface area (Å²) in [6.45, 7) is 4.39. The number of likely N-dealkylation sites (N-methyl/N-ethyl adjacent to an activating group) is 1. The van der Waals surface area contributed by atoms with Crippen molar-refractivity contribution in [3.63, 3.8) is 0 Å². The van der Waals surface area contributed by atoms with E-state index in [0.717, 1.165) is 5.56 Å². The van der Waals surface area contributed by atoms with Gasteiger partial charge in [0.1, 0.15) is 24.2 Å². The predicted octanol–water partition coefficient (Wildman–Crippen LogP) is 1.02. The summed E-state index contributed by atoms with van der Waals surface area (Å²) in [5.41, 5.74) is 0.757. The molecule has 1 heterocycles. The minimum Gasteiger partial charge on any atom is -0.490 e. The lowest BCUT2D eigenvalue weighted by atomic mass is 10.1. The largest absolute Gasteiger partial charge is 0.490 e. The smallest absolute Gasteiger partial charge is 0.260 e. The molecule has 2 N–H and O–H groups in total. The lowest BCUT2D eigenvalue weighted by molar-refractivity contribution is -0.127. The molecule has 0 aliphatic carbocycles. The van der Waals surface area contributed by atoms with E-state index < -0.39 is 12.2 Å². The first-order chi connectivity index (χ1) is 8.61. The molecule has 0 saturated heterocycles. The van der Waals surface area contributed by atoms with Crippen molar-refractivity contribution >= 4 is 5.91 Å². The van der Waals surface area contributed by atoms with Gasteiger partial charge in [-0.1, -0.05) is 0 Å². The van der Waals surface area contributed by atoms with Crippen molar-refractivity contribution < 1.29 is 19.4 Å². The molecular formula is C13H17NO4. The van der Waals surface area contributed by atoms with Crippen LogP contribution in [0.1, 0.15) is 25.5 Å². The third kappa shape index (κ3) is 2.56. The summed E-state index contributed by atoms with van der Waals surface area (Å²) in [7, 11) is 0. The molecule has 5 nitrogen and oxygen atoms in total. The van der Waals surface area contributed by atoms with Gasteiger partial charge in [0.05, 0.1) is 0 Å². The fourth-order valence-electron chi connectivity index (χ4n) is 1.82. The quantitative estimate of drug-likeness (QED) is 0.838. The van der Waals surface area contributed by atoms with E-state index in [9.17, 15) is 9.90 Å². The van der Waals surface area contributed by atoms with Crippen molar-refractivity contribution in [3.8, 4) is 11.5 Å². The van der Waals surface area contributed by atoms with E-state index in [1.807, 2.05) is 6.92 Å². The summed E-state index contributed by atoms with van der Waals surface area (Å²) in [5.74, 6) is 1.02. The van der Waals surface area contributed by atoms with Gasteiger partial charge >= 0.3 is 0 Å². The molecule has 5 heteroatoms. The van der Waals surface area contributed by atoms with Gasteiger partial charge < -0.3 is 19.9 Å². The lowest BCUT2D eigenvalue weighted by Crippen LogP contribution is -2.36. The minimum atomic E-state index is -0.574. The third-order valence-corrected chi connectivity index (χ3v) is 2.77. The SMILES string of the molecule is CCNC(=O)C(C)Oc1ccc2c(c1)OCC2O. The average Bonchev–Trinajstić information content (AvgIpc) is 2.71. The average molecular weight is 251 g/mol. The van der Waals surface area contributed by atoms with Gasteiger partial charge in [-0.2, -0.15) is 0 Å². The maximum atomic E-state index is 11.5.